The number of aromatic amines is 2. The largest absolute Gasteiger partial charge is 0.481 e. The number of aliphatic carboxylic acids is 2. The molecule has 0 spiro atoms. The number of nitrogens with one attached hydrogen (secondary N) is 2. The fraction of sp³-hybridized carbons (Fsp3) is 0.412. The van der Waals surface area contributed by atoms with Gasteiger partial charge in [0.2, 0.25) is 0 Å². The van der Waals surface area contributed by atoms with Crippen molar-refractivity contribution in [2.45, 2.75) is 88.9 Å². The van der Waals surface area contributed by atoms with Crippen LogP contribution in [0.5, 0.6) is 0 Å². The molecule has 0 bridgehead atoms. The number of unbranched alkanes of at least 4 members (excludes halogenated alkanes) is 3. The van der Waals surface area contributed by atoms with Crippen molar-refractivity contribution in [3.63, 3.8) is 0 Å². The lowest BCUT2D eigenvalue weighted by atomic mass is 9.71. The van der Waals surface area contributed by atoms with Gasteiger partial charge in [0.05, 0.1) is 12.8 Å². The molecule has 4 aromatic rings. The van der Waals surface area contributed by atoms with Crippen LogP contribution in [-0.2, 0) is 31.0 Å². The number of aryl methyl sites for hydroxylation is 1. The van der Waals surface area contributed by atoms with E-state index < -0.39 is 17.4 Å². The smallest absolute Gasteiger partial charge is 0.304 e. The van der Waals surface area contributed by atoms with Gasteiger partial charge in [0, 0.05) is 65.3 Å². The van der Waals surface area contributed by atoms with Crippen molar-refractivity contribution in [1.29, 1.82) is 0 Å². The van der Waals surface area contributed by atoms with Crippen molar-refractivity contribution < 1.29 is 29.4 Å². The van der Waals surface area contributed by atoms with Gasteiger partial charge in [-0.3, -0.25) is 19.2 Å². The molecule has 42 heavy (non-hydrogen) atoms. The fourth-order valence-electron chi connectivity index (χ4n) is 6.09. The van der Waals surface area contributed by atoms with Crippen molar-refractivity contribution in [1.82, 2.24) is 9.97 Å². The monoisotopic (exact) mass is 572 g/mol. The van der Waals surface area contributed by atoms with Gasteiger partial charge in [0.1, 0.15) is 11.6 Å². The lowest BCUT2D eigenvalue weighted by Crippen LogP contribution is -2.33. The molecule has 0 radical (unpaired) electrons. The summed E-state index contributed by atoms with van der Waals surface area (Å²) in [6.07, 6.45) is 9.66. The number of rotatable bonds is 19. The Morgan fingerprint density at radius 1 is 0.619 bits per heavy atom. The van der Waals surface area contributed by atoms with Crippen LogP contribution in [0.1, 0.15) is 88.2 Å². The number of hydrogen-bond donors (Lipinski definition) is 4. The Bertz CT molecular complexity index is 1520. The summed E-state index contributed by atoms with van der Waals surface area (Å²) < 4.78 is 0. The number of H-pyrrole nitrogens is 2. The number of para-hydroxylation sites is 2. The van der Waals surface area contributed by atoms with E-state index in [1.54, 1.807) is 6.20 Å². The second-order valence-corrected chi connectivity index (χ2v) is 11.4. The first-order valence-electron chi connectivity index (χ1n) is 14.9. The number of carbonyl (C=O) groups excluding carboxylic acids is 2. The van der Waals surface area contributed by atoms with E-state index in [1.165, 1.54) is 10.9 Å². The lowest BCUT2D eigenvalue weighted by Gasteiger charge is -2.31. The molecule has 0 saturated heterocycles. The second kappa shape index (κ2) is 14.6. The number of aromatic nitrogens is 2. The molecule has 8 heteroatoms. The molecule has 0 fully saturated rings. The predicted molar refractivity (Wildman–Crippen MR) is 163 cm³/mol. The van der Waals surface area contributed by atoms with Crippen LogP contribution in [0.15, 0.2) is 60.9 Å². The molecule has 2 aromatic carbocycles. The first-order chi connectivity index (χ1) is 20.3. The van der Waals surface area contributed by atoms with Gasteiger partial charge >= 0.3 is 11.9 Å². The molecule has 4 rings (SSSR count). The van der Waals surface area contributed by atoms with Gasteiger partial charge in [-0.1, -0.05) is 49.2 Å². The number of Topliss-reactive ketones (excluding diaryl/α,β-unsaturated/α-hetero) is 2. The van der Waals surface area contributed by atoms with Gasteiger partial charge in [0.15, 0.2) is 0 Å². The Balaban J connectivity index is 1.18. The van der Waals surface area contributed by atoms with Crippen LogP contribution in [0.2, 0.25) is 0 Å². The number of carboxylic acids is 2. The first kappa shape index (κ1) is 30.8. The van der Waals surface area contributed by atoms with E-state index in [-0.39, 0.29) is 37.2 Å². The van der Waals surface area contributed by atoms with Crippen molar-refractivity contribution in [3.8, 4) is 0 Å². The summed E-state index contributed by atoms with van der Waals surface area (Å²) >= 11 is 0. The lowest BCUT2D eigenvalue weighted by molar-refractivity contribution is -0.142. The summed E-state index contributed by atoms with van der Waals surface area (Å²) in [7, 11) is 0. The average molecular weight is 573 g/mol. The molecule has 0 saturated carbocycles. The third-order valence-electron chi connectivity index (χ3n) is 8.26. The Morgan fingerprint density at radius 2 is 1.14 bits per heavy atom. The van der Waals surface area contributed by atoms with Crippen molar-refractivity contribution >= 4 is 45.3 Å². The second-order valence-electron chi connectivity index (χ2n) is 11.4. The van der Waals surface area contributed by atoms with Crippen LogP contribution in [0.25, 0.3) is 21.8 Å². The van der Waals surface area contributed by atoms with Crippen molar-refractivity contribution in [2.24, 2.45) is 0 Å². The standard InChI is InChI=1S/C34H40N2O6/c37-25(13-9-10-24-22-35-30-16-7-5-14-27(24)30)11-3-1-2-4-12-26(38)18-19-34(20-32(39)40,21-33(41)42)29-23-36-31-17-8-6-15-28(29)31/h5-8,14-17,22-23,35-36H,1-4,9-13,18-21H2,(H,39,40)(H,41,42). The van der Waals surface area contributed by atoms with Crippen LogP contribution in [0.3, 0.4) is 0 Å². The van der Waals surface area contributed by atoms with E-state index in [4.69, 9.17) is 0 Å². The molecule has 0 unspecified atom stereocenters. The molecule has 0 amide bonds. The summed E-state index contributed by atoms with van der Waals surface area (Å²) in [6, 6.07) is 15.6. The molecule has 222 valence electrons. The molecule has 2 aromatic heterocycles. The zero-order valence-corrected chi connectivity index (χ0v) is 24.0. The molecule has 0 aliphatic heterocycles. The highest BCUT2D eigenvalue weighted by molar-refractivity contribution is 5.87. The molecule has 4 N–H and O–H groups in total. The van der Waals surface area contributed by atoms with Gasteiger partial charge in [-0.15, -0.1) is 0 Å². The zero-order chi connectivity index (χ0) is 30.0. The van der Waals surface area contributed by atoms with E-state index in [0.29, 0.717) is 31.2 Å². The third kappa shape index (κ3) is 8.18. The molecule has 0 aliphatic rings. The topological polar surface area (TPSA) is 140 Å². The highest BCUT2D eigenvalue weighted by Crippen LogP contribution is 2.41. The third-order valence-corrected chi connectivity index (χ3v) is 8.26. The fourth-order valence-corrected chi connectivity index (χ4v) is 6.09. The van der Waals surface area contributed by atoms with Crippen LogP contribution in [-0.4, -0.2) is 43.7 Å². The summed E-state index contributed by atoms with van der Waals surface area (Å²) in [5, 5.41) is 21.3. The van der Waals surface area contributed by atoms with Crippen molar-refractivity contribution in [3.05, 3.63) is 72.1 Å². The summed E-state index contributed by atoms with van der Waals surface area (Å²) in [4.78, 5) is 55.2. The Morgan fingerprint density at radius 3 is 1.79 bits per heavy atom. The molecule has 2 heterocycles. The van der Waals surface area contributed by atoms with Crippen LogP contribution in [0, 0.1) is 0 Å². The van der Waals surface area contributed by atoms with Crippen LogP contribution >= 0.6 is 0 Å². The van der Waals surface area contributed by atoms with Crippen LogP contribution < -0.4 is 0 Å². The number of ketones is 2. The Labute approximate surface area is 245 Å². The number of carbonyl (C=O) groups is 4. The number of benzene rings is 2. The van der Waals surface area contributed by atoms with E-state index in [1.807, 2.05) is 42.6 Å². The molecule has 0 atom stereocenters. The van der Waals surface area contributed by atoms with Gasteiger partial charge in [-0.25, -0.2) is 0 Å². The SMILES string of the molecule is O=C(O)CC(CCC(=O)CCCCCCC(=O)CCCc1c[nH]c2ccccc12)(CC(=O)O)c1c[nH]c2ccccc12. The summed E-state index contributed by atoms with van der Waals surface area (Å²) in [6.45, 7) is 0. The minimum absolute atomic E-state index is 0.00310. The van der Waals surface area contributed by atoms with Gasteiger partial charge in [-0.2, -0.15) is 0 Å². The minimum Gasteiger partial charge on any atom is -0.481 e. The first-order valence-corrected chi connectivity index (χ1v) is 14.9. The zero-order valence-electron chi connectivity index (χ0n) is 24.0. The summed E-state index contributed by atoms with van der Waals surface area (Å²) in [5.41, 5.74) is 2.59. The minimum atomic E-state index is -1.19. The number of fused-ring (bicyclic) bond motifs is 2. The predicted octanol–water partition coefficient (Wildman–Crippen LogP) is 7.12. The van der Waals surface area contributed by atoms with Gasteiger partial charge in [-0.05, 0) is 55.4 Å². The van der Waals surface area contributed by atoms with Crippen LogP contribution in [0.4, 0.5) is 0 Å². The Hall–Kier alpha value is -4.20. The van der Waals surface area contributed by atoms with Gasteiger partial charge in [0.25, 0.3) is 0 Å². The molecule has 0 aliphatic carbocycles. The quantitative estimate of drug-likeness (QED) is 0.0882. The van der Waals surface area contributed by atoms with E-state index in [9.17, 15) is 29.4 Å². The maximum absolute atomic E-state index is 12.8. The molecular weight excluding hydrogens is 532 g/mol. The maximum atomic E-state index is 12.8. The molecular formula is C34H40N2O6. The van der Waals surface area contributed by atoms with Crippen molar-refractivity contribution in [2.75, 3.05) is 0 Å². The van der Waals surface area contributed by atoms with E-state index >= 15 is 0 Å². The Kier molecular flexibility index (Phi) is 10.7. The van der Waals surface area contributed by atoms with E-state index in [2.05, 4.69) is 22.1 Å². The number of carboxylic acid groups (broad SMARTS) is 2. The van der Waals surface area contributed by atoms with Gasteiger partial charge < -0.3 is 20.2 Å². The highest BCUT2D eigenvalue weighted by Gasteiger charge is 2.39. The van der Waals surface area contributed by atoms with E-state index in [0.717, 1.165) is 48.5 Å². The number of hydrogen-bond acceptors (Lipinski definition) is 4. The maximum Gasteiger partial charge on any atom is 0.304 e. The highest BCUT2D eigenvalue weighted by atomic mass is 16.4. The normalized spacial score (nSPS) is 11.7. The summed E-state index contributed by atoms with van der Waals surface area (Å²) in [5.74, 6) is -1.91. The molecule has 8 nitrogen and oxygen atoms in total. The average Bonchev–Trinajstić information content (AvgIpc) is 3.58.